The second kappa shape index (κ2) is 12.0. The molecule has 3 aromatic carbocycles. The molecule has 1 aromatic heterocycles. The maximum Gasteiger partial charge on any atom is 0.196 e. The third-order valence-electron chi connectivity index (χ3n) is 5.72. The fraction of sp³-hybridized carbons (Fsp3) is 0.200. The summed E-state index contributed by atoms with van der Waals surface area (Å²) in [6.07, 6.45) is 2.42. The summed E-state index contributed by atoms with van der Waals surface area (Å²) < 4.78 is 10.4. The number of benzene rings is 3. The number of carbonyl (C=O) groups is 1. The number of ether oxygens (including phenoxy) is 1. The molecule has 198 valence electrons. The van der Waals surface area contributed by atoms with Crippen LogP contribution in [0.15, 0.2) is 75.5 Å². The van der Waals surface area contributed by atoms with E-state index in [4.69, 9.17) is 9.15 Å². The van der Waals surface area contributed by atoms with E-state index < -0.39 is 0 Å². The van der Waals surface area contributed by atoms with Crippen LogP contribution in [0.2, 0.25) is 0 Å². The standard InChI is InChI=1S/C15H16O4.C15H14O4/c1-8(2)4-5-10-11(16)7-13-14(15(10)18)12(17)6-9(3)19-13;1-19-12-5-2-10(3-6-12)8-14(17)13-7-4-11(16)9-15(13)18/h4,6-7,16,18H,5H2,1-3H3;2-7,9,16,18H,8H2,1H3. The predicted octanol–water partition coefficient (Wildman–Crippen LogP) is 5.55. The Morgan fingerprint density at radius 3 is 2.24 bits per heavy atom. The molecule has 0 saturated carbocycles. The molecule has 0 unspecified atom stereocenters. The van der Waals surface area contributed by atoms with Crippen LogP contribution >= 0.6 is 0 Å². The van der Waals surface area contributed by atoms with Crippen LogP contribution in [0, 0.1) is 6.92 Å². The highest BCUT2D eigenvalue weighted by Gasteiger charge is 2.16. The van der Waals surface area contributed by atoms with E-state index >= 15 is 0 Å². The van der Waals surface area contributed by atoms with Crippen molar-refractivity contribution in [2.45, 2.75) is 33.6 Å². The highest BCUT2D eigenvalue weighted by atomic mass is 16.5. The van der Waals surface area contributed by atoms with Gasteiger partial charge < -0.3 is 29.6 Å². The minimum Gasteiger partial charge on any atom is -0.508 e. The summed E-state index contributed by atoms with van der Waals surface area (Å²) in [4.78, 5) is 23.9. The molecule has 0 amide bonds. The molecule has 4 rings (SSSR count). The largest absolute Gasteiger partial charge is 0.508 e. The summed E-state index contributed by atoms with van der Waals surface area (Å²) in [6.45, 7) is 5.49. The second-order valence-electron chi connectivity index (χ2n) is 8.95. The van der Waals surface area contributed by atoms with Gasteiger partial charge in [-0.1, -0.05) is 23.8 Å². The highest BCUT2D eigenvalue weighted by molar-refractivity contribution is 6.00. The highest BCUT2D eigenvalue weighted by Crippen LogP contribution is 2.35. The molecule has 38 heavy (non-hydrogen) atoms. The summed E-state index contributed by atoms with van der Waals surface area (Å²) in [6, 6.07) is 13.8. The van der Waals surface area contributed by atoms with Gasteiger partial charge in [0.05, 0.1) is 12.7 Å². The number of allylic oxidation sites excluding steroid dienone is 2. The van der Waals surface area contributed by atoms with Gasteiger partial charge in [-0.3, -0.25) is 9.59 Å². The summed E-state index contributed by atoms with van der Waals surface area (Å²) in [5.74, 6) is 0.397. The van der Waals surface area contributed by atoms with Crippen LogP contribution in [0.4, 0.5) is 0 Å². The Balaban J connectivity index is 0.000000211. The molecule has 4 aromatic rings. The van der Waals surface area contributed by atoms with Gasteiger partial charge in [-0.05, 0) is 57.0 Å². The molecule has 1 heterocycles. The molecular weight excluding hydrogens is 488 g/mol. The van der Waals surface area contributed by atoms with Crippen molar-refractivity contribution in [3.63, 3.8) is 0 Å². The lowest BCUT2D eigenvalue weighted by atomic mass is 10.0. The lowest BCUT2D eigenvalue weighted by Gasteiger charge is -2.08. The summed E-state index contributed by atoms with van der Waals surface area (Å²) in [7, 11) is 1.58. The first-order valence-corrected chi connectivity index (χ1v) is 11.8. The SMILES string of the molecule is CC(C)=CCc1c(O)cc2oc(C)cc(=O)c2c1O.COc1ccc(CC(=O)c2ccc(O)cc2O)cc1. The normalized spacial score (nSPS) is 10.4. The van der Waals surface area contributed by atoms with Gasteiger partial charge in [0.15, 0.2) is 11.2 Å². The maximum atomic E-state index is 12.0. The van der Waals surface area contributed by atoms with Gasteiger partial charge in [0.1, 0.15) is 45.5 Å². The lowest BCUT2D eigenvalue weighted by Crippen LogP contribution is -2.03. The topological polar surface area (TPSA) is 137 Å². The number of rotatable bonds is 6. The van der Waals surface area contributed by atoms with Gasteiger partial charge in [-0.2, -0.15) is 0 Å². The van der Waals surface area contributed by atoms with Gasteiger partial charge in [0.2, 0.25) is 0 Å². The van der Waals surface area contributed by atoms with E-state index in [0.717, 1.165) is 23.0 Å². The Morgan fingerprint density at radius 1 is 0.947 bits per heavy atom. The number of aryl methyl sites for hydroxylation is 1. The van der Waals surface area contributed by atoms with Crippen molar-refractivity contribution in [3.05, 3.63) is 98.9 Å². The van der Waals surface area contributed by atoms with Crippen LogP contribution in [0.25, 0.3) is 11.0 Å². The van der Waals surface area contributed by atoms with Gasteiger partial charge >= 0.3 is 0 Å². The molecule has 0 aliphatic heterocycles. The van der Waals surface area contributed by atoms with Crippen molar-refractivity contribution in [2.75, 3.05) is 7.11 Å². The van der Waals surface area contributed by atoms with Crippen molar-refractivity contribution in [1.29, 1.82) is 0 Å². The number of phenolic OH excluding ortho intramolecular Hbond substituents is 4. The molecular formula is C30H30O8. The number of phenols is 4. The molecule has 0 atom stereocenters. The fourth-order valence-corrected chi connectivity index (χ4v) is 3.74. The summed E-state index contributed by atoms with van der Waals surface area (Å²) in [5.41, 5.74) is 2.32. The second-order valence-corrected chi connectivity index (χ2v) is 8.95. The number of hydrogen-bond donors (Lipinski definition) is 4. The summed E-state index contributed by atoms with van der Waals surface area (Å²) in [5, 5.41) is 39.0. The van der Waals surface area contributed by atoms with Crippen LogP contribution in [-0.4, -0.2) is 33.3 Å². The molecule has 8 nitrogen and oxygen atoms in total. The Morgan fingerprint density at radius 2 is 1.63 bits per heavy atom. The minimum absolute atomic E-state index is 0.0708. The van der Waals surface area contributed by atoms with E-state index in [2.05, 4.69) is 0 Å². The molecule has 0 saturated heterocycles. The molecule has 0 spiro atoms. The van der Waals surface area contributed by atoms with Crippen LogP contribution in [0.5, 0.6) is 28.7 Å². The van der Waals surface area contributed by atoms with Crippen LogP contribution in [-0.2, 0) is 12.8 Å². The van der Waals surface area contributed by atoms with Crippen LogP contribution in [0.3, 0.4) is 0 Å². The van der Waals surface area contributed by atoms with E-state index in [9.17, 15) is 30.0 Å². The van der Waals surface area contributed by atoms with Crippen LogP contribution in [0.1, 0.15) is 41.1 Å². The number of ketones is 1. The van der Waals surface area contributed by atoms with E-state index in [-0.39, 0.29) is 57.2 Å². The van der Waals surface area contributed by atoms with E-state index in [1.54, 1.807) is 38.3 Å². The van der Waals surface area contributed by atoms with Crippen molar-refractivity contribution in [3.8, 4) is 28.7 Å². The zero-order valence-corrected chi connectivity index (χ0v) is 21.6. The molecule has 0 radical (unpaired) electrons. The molecule has 0 bridgehead atoms. The Hall–Kier alpha value is -4.72. The van der Waals surface area contributed by atoms with Crippen molar-refractivity contribution in [2.24, 2.45) is 0 Å². The van der Waals surface area contributed by atoms with E-state index in [0.29, 0.717) is 17.7 Å². The van der Waals surface area contributed by atoms with Gasteiger partial charge in [-0.15, -0.1) is 0 Å². The zero-order valence-electron chi connectivity index (χ0n) is 21.6. The lowest BCUT2D eigenvalue weighted by molar-refractivity contribution is 0.0990. The Kier molecular flexibility index (Phi) is 8.81. The predicted molar refractivity (Wildman–Crippen MR) is 144 cm³/mol. The number of fused-ring (bicyclic) bond motifs is 1. The number of aromatic hydroxyl groups is 4. The number of methoxy groups -OCH3 is 1. The van der Waals surface area contributed by atoms with E-state index in [1.807, 2.05) is 19.9 Å². The zero-order chi connectivity index (χ0) is 28.0. The van der Waals surface area contributed by atoms with E-state index in [1.165, 1.54) is 24.3 Å². The first-order chi connectivity index (χ1) is 18.0. The smallest absolute Gasteiger partial charge is 0.196 e. The summed E-state index contributed by atoms with van der Waals surface area (Å²) >= 11 is 0. The van der Waals surface area contributed by atoms with Gasteiger partial charge in [0.25, 0.3) is 0 Å². The Labute approximate surface area is 219 Å². The quantitative estimate of drug-likeness (QED) is 0.192. The minimum atomic E-state index is -0.310. The fourth-order valence-electron chi connectivity index (χ4n) is 3.74. The maximum absolute atomic E-state index is 12.0. The molecule has 8 heteroatoms. The number of Topliss-reactive ketones (excluding diaryl/α,β-unsaturated/α-hetero) is 1. The molecule has 4 N–H and O–H groups in total. The third-order valence-corrected chi connectivity index (χ3v) is 5.72. The molecule has 0 fully saturated rings. The number of hydrogen-bond acceptors (Lipinski definition) is 8. The van der Waals surface area contributed by atoms with Crippen LogP contribution < -0.4 is 10.2 Å². The first kappa shape index (κ1) is 27.9. The van der Waals surface area contributed by atoms with Gasteiger partial charge in [0, 0.05) is 30.2 Å². The average Bonchev–Trinajstić information content (AvgIpc) is 2.84. The third kappa shape index (κ3) is 6.73. The number of carbonyl (C=O) groups excluding carboxylic acids is 1. The Bertz CT molecular complexity index is 1540. The van der Waals surface area contributed by atoms with Gasteiger partial charge in [-0.25, -0.2) is 0 Å². The first-order valence-electron chi connectivity index (χ1n) is 11.8. The average molecular weight is 519 g/mol. The van der Waals surface area contributed by atoms with Crippen molar-refractivity contribution in [1.82, 2.24) is 0 Å². The van der Waals surface area contributed by atoms with Crippen molar-refractivity contribution >= 4 is 16.8 Å². The monoisotopic (exact) mass is 518 g/mol. The molecule has 0 aliphatic rings. The molecule has 0 aliphatic carbocycles. The van der Waals surface area contributed by atoms with Crippen molar-refractivity contribution < 1.29 is 34.4 Å².